The van der Waals surface area contributed by atoms with Crippen LogP contribution in [-0.4, -0.2) is 49.1 Å². The van der Waals surface area contributed by atoms with Crippen molar-refractivity contribution < 1.29 is 22.8 Å². The lowest BCUT2D eigenvalue weighted by Crippen LogP contribution is -2.49. The third-order valence-corrected chi connectivity index (χ3v) is 6.46. The molecule has 2 aromatic carbocycles. The number of anilines is 1. The first-order valence-corrected chi connectivity index (χ1v) is 11.8. The third kappa shape index (κ3) is 3.98. The number of oxazole rings is 1. The molecule has 4 heterocycles. The minimum Gasteiger partial charge on any atom is -0.497 e. The normalized spacial score (nSPS) is 13.6. The minimum atomic E-state index is -0.192. The largest absolute Gasteiger partial charge is 0.497 e. The van der Waals surface area contributed by atoms with Crippen LogP contribution in [0, 0.1) is 11.3 Å². The molecule has 0 spiro atoms. The Kier molecular flexibility index (Phi) is 5.62. The number of piperazine rings is 1. The Morgan fingerprint density at radius 3 is 2.54 bits per heavy atom. The molecule has 1 aliphatic rings. The van der Waals surface area contributed by atoms with Gasteiger partial charge in [-0.05, 0) is 29.8 Å². The molecule has 9 nitrogen and oxygen atoms in total. The monoisotopic (exact) mass is 494 g/mol. The van der Waals surface area contributed by atoms with Crippen LogP contribution in [0.5, 0.6) is 5.75 Å². The zero-order valence-corrected chi connectivity index (χ0v) is 20.0. The fourth-order valence-electron chi connectivity index (χ4n) is 4.61. The highest BCUT2D eigenvalue weighted by molar-refractivity contribution is 6.08. The molecule has 0 aliphatic carbocycles. The Hall–Kier alpha value is -4.97. The number of ether oxygens (including phenoxy) is 1. The highest BCUT2D eigenvalue weighted by Gasteiger charge is 2.31. The maximum atomic E-state index is 13.7. The van der Waals surface area contributed by atoms with Crippen molar-refractivity contribution in [1.82, 2.24) is 9.88 Å². The first kappa shape index (κ1) is 22.5. The molecule has 1 amide bonds. The highest BCUT2D eigenvalue weighted by atomic mass is 16.5. The molecule has 0 atom stereocenters. The summed E-state index contributed by atoms with van der Waals surface area (Å²) in [7, 11) is 1.59. The Labute approximate surface area is 212 Å². The molecule has 1 fully saturated rings. The summed E-state index contributed by atoms with van der Waals surface area (Å²) in [6.45, 7) is 1.80. The SMILES string of the molecule is COc1ccc2c(-c3ccccc3)c(C(=O)N3CCN(c4oc(-c5ccco5)nc4C#N)CC3)oc2c1. The number of carbonyl (C=O) groups is 1. The molecule has 37 heavy (non-hydrogen) atoms. The quantitative estimate of drug-likeness (QED) is 0.328. The van der Waals surface area contributed by atoms with Crippen LogP contribution in [0.4, 0.5) is 5.88 Å². The Balaban J connectivity index is 1.28. The number of amides is 1. The van der Waals surface area contributed by atoms with Gasteiger partial charge in [-0.2, -0.15) is 10.2 Å². The zero-order valence-electron chi connectivity index (χ0n) is 20.0. The van der Waals surface area contributed by atoms with Gasteiger partial charge >= 0.3 is 0 Å². The molecule has 1 saturated heterocycles. The van der Waals surface area contributed by atoms with Gasteiger partial charge in [0.1, 0.15) is 17.4 Å². The fourth-order valence-corrected chi connectivity index (χ4v) is 4.61. The van der Waals surface area contributed by atoms with E-state index < -0.39 is 0 Å². The van der Waals surface area contributed by atoms with Gasteiger partial charge in [-0.1, -0.05) is 30.3 Å². The van der Waals surface area contributed by atoms with Gasteiger partial charge in [0.2, 0.25) is 17.3 Å². The summed E-state index contributed by atoms with van der Waals surface area (Å²) in [4.78, 5) is 21.7. The number of methoxy groups -OCH3 is 1. The number of aromatic nitrogens is 1. The van der Waals surface area contributed by atoms with Crippen molar-refractivity contribution in [3.8, 4) is 34.6 Å². The van der Waals surface area contributed by atoms with Crippen LogP contribution >= 0.6 is 0 Å². The second kappa shape index (κ2) is 9.24. The predicted octanol–water partition coefficient (Wildman–Crippen LogP) is 5.19. The van der Waals surface area contributed by atoms with E-state index in [1.807, 2.05) is 47.4 Å². The van der Waals surface area contributed by atoms with Crippen LogP contribution in [0.15, 0.2) is 80.2 Å². The third-order valence-electron chi connectivity index (χ3n) is 6.46. The van der Waals surface area contributed by atoms with Crippen molar-refractivity contribution in [2.24, 2.45) is 0 Å². The lowest BCUT2D eigenvalue weighted by molar-refractivity contribution is 0.0716. The van der Waals surface area contributed by atoms with Crippen molar-refractivity contribution in [3.05, 3.63) is 78.4 Å². The summed E-state index contributed by atoms with van der Waals surface area (Å²) >= 11 is 0. The van der Waals surface area contributed by atoms with Crippen LogP contribution in [-0.2, 0) is 0 Å². The second-order valence-corrected chi connectivity index (χ2v) is 8.58. The first-order valence-electron chi connectivity index (χ1n) is 11.8. The number of carbonyl (C=O) groups excluding carboxylic acids is 1. The molecular weight excluding hydrogens is 472 g/mol. The molecule has 184 valence electrons. The van der Waals surface area contributed by atoms with E-state index in [1.165, 1.54) is 6.26 Å². The number of hydrogen-bond acceptors (Lipinski definition) is 8. The topological polar surface area (TPSA) is 109 Å². The molecule has 0 bridgehead atoms. The van der Waals surface area contributed by atoms with E-state index in [4.69, 9.17) is 18.0 Å². The molecule has 9 heteroatoms. The van der Waals surface area contributed by atoms with E-state index in [-0.39, 0.29) is 17.5 Å². The summed E-state index contributed by atoms with van der Waals surface area (Å²) in [5.41, 5.74) is 2.43. The standard InChI is InChI=1S/C28H22N4O5/c1-34-19-9-10-20-23(16-19)36-25(24(20)18-6-3-2-4-7-18)27(33)31-11-13-32(14-12-31)28-21(17-29)30-26(37-28)22-8-5-15-35-22/h2-10,15-16H,11-14H2,1H3. The fraction of sp³-hybridized carbons (Fsp3) is 0.179. The molecule has 0 radical (unpaired) electrons. The number of rotatable bonds is 5. The smallest absolute Gasteiger partial charge is 0.290 e. The summed E-state index contributed by atoms with van der Waals surface area (Å²) in [5.74, 6) is 1.83. The van der Waals surface area contributed by atoms with Crippen molar-refractivity contribution in [3.63, 3.8) is 0 Å². The molecular formula is C28H22N4O5. The molecule has 0 unspecified atom stereocenters. The Bertz CT molecular complexity index is 1600. The molecule has 5 aromatic rings. The summed E-state index contributed by atoms with van der Waals surface area (Å²) < 4.78 is 22.7. The minimum absolute atomic E-state index is 0.184. The molecule has 1 aliphatic heterocycles. The van der Waals surface area contributed by atoms with Crippen molar-refractivity contribution >= 4 is 22.8 Å². The highest BCUT2D eigenvalue weighted by Crippen LogP contribution is 2.37. The second-order valence-electron chi connectivity index (χ2n) is 8.58. The van der Waals surface area contributed by atoms with Gasteiger partial charge in [0.25, 0.3) is 11.8 Å². The zero-order chi connectivity index (χ0) is 25.4. The van der Waals surface area contributed by atoms with Crippen LogP contribution in [0.3, 0.4) is 0 Å². The van der Waals surface area contributed by atoms with Gasteiger partial charge in [-0.25, -0.2) is 0 Å². The van der Waals surface area contributed by atoms with E-state index in [2.05, 4.69) is 11.1 Å². The maximum Gasteiger partial charge on any atom is 0.290 e. The van der Waals surface area contributed by atoms with E-state index in [9.17, 15) is 10.1 Å². The van der Waals surface area contributed by atoms with Gasteiger partial charge in [-0.15, -0.1) is 0 Å². The number of nitrogens with zero attached hydrogens (tertiary/aromatic N) is 4. The first-order chi connectivity index (χ1) is 18.2. The summed E-state index contributed by atoms with van der Waals surface area (Å²) in [5, 5.41) is 10.4. The number of nitriles is 1. The van der Waals surface area contributed by atoms with Crippen LogP contribution in [0.25, 0.3) is 33.7 Å². The van der Waals surface area contributed by atoms with Crippen molar-refractivity contribution in [2.45, 2.75) is 0 Å². The average molecular weight is 495 g/mol. The lowest BCUT2D eigenvalue weighted by atomic mass is 10.0. The Morgan fingerprint density at radius 1 is 1.03 bits per heavy atom. The number of furan rings is 2. The van der Waals surface area contributed by atoms with E-state index in [1.54, 1.807) is 30.2 Å². The summed E-state index contributed by atoms with van der Waals surface area (Å²) in [6, 6.07) is 20.9. The van der Waals surface area contributed by atoms with E-state index in [0.29, 0.717) is 54.9 Å². The van der Waals surface area contributed by atoms with Crippen LogP contribution < -0.4 is 9.64 Å². The number of benzene rings is 2. The van der Waals surface area contributed by atoms with Gasteiger partial charge in [0.05, 0.1) is 13.4 Å². The number of fused-ring (bicyclic) bond motifs is 1. The van der Waals surface area contributed by atoms with Gasteiger partial charge < -0.3 is 27.8 Å². The predicted molar refractivity (Wildman–Crippen MR) is 135 cm³/mol. The molecule has 3 aromatic heterocycles. The Morgan fingerprint density at radius 2 is 1.84 bits per heavy atom. The van der Waals surface area contributed by atoms with Gasteiger partial charge in [0, 0.05) is 43.2 Å². The summed E-state index contributed by atoms with van der Waals surface area (Å²) in [6.07, 6.45) is 1.52. The van der Waals surface area contributed by atoms with Crippen molar-refractivity contribution in [2.75, 3.05) is 38.2 Å². The van der Waals surface area contributed by atoms with Crippen molar-refractivity contribution in [1.29, 1.82) is 5.26 Å². The van der Waals surface area contributed by atoms with Gasteiger partial charge in [0.15, 0.2) is 5.76 Å². The van der Waals surface area contributed by atoms with E-state index >= 15 is 0 Å². The lowest BCUT2D eigenvalue weighted by Gasteiger charge is -2.34. The molecule has 6 rings (SSSR count). The maximum absolute atomic E-state index is 13.7. The average Bonchev–Trinajstić information content (AvgIpc) is 3.71. The molecule has 0 N–H and O–H groups in total. The van der Waals surface area contributed by atoms with Crippen LogP contribution in [0.1, 0.15) is 16.2 Å². The van der Waals surface area contributed by atoms with Crippen LogP contribution in [0.2, 0.25) is 0 Å². The van der Waals surface area contributed by atoms with Gasteiger partial charge in [-0.3, -0.25) is 4.79 Å². The molecule has 0 saturated carbocycles. The number of hydrogen-bond donors (Lipinski definition) is 0. The van der Waals surface area contributed by atoms with E-state index in [0.717, 1.165) is 16.5 Å².